The highest BCUT2D eigenvalue weighted by Crippen LogP contribution is 2.14. The molecule has 27 heavy (non-hydrogen) atoms. The molecule has 0 spiro atoms. The number of aryl methyl sites for hydroxylation is 1. The Balaban J connectivity index is 0.00000364. The normalized spacial score (nSPS) is 16.3. The maximum Gasteiger partial charge on any atom is 0.409 e. The van der Waals surface area contributed by atoms with Crippen molar-refractivity contribution in [2.75, 3.05) is 26.2 Å². The van der Waals surface area contributed by atoms with Crippen molar-refractivity contribution in [1.29, 1.82) is 0 Å². The van der Waals surface area contributed by atoms with Gasteiger partial charge in [0, 0.05) is 19.1 Å². The summed E-state index contributed by atoms with van der Waals surface area (Å²) in [5, 5.41) is 3.23. The van der Waals surface area contributed by atoms with Crippen LogP contribution in [-0.2, 0) is 4.74 Å². The summed E-state index contributed by atoms with van der Waals surface area (Å²) in [5.41, 5.74) is 7.19. The van der Waals surface area contributed by atoms with Crippen LogP contribution in [0.15, 0.2) is 29.3 Å². The number of hydrogen-bond donors (Lipinski definition) is 2. The molecule has 7 nitrogen and oxygen atoms in total. The molecule has 1 atom stereocenters. The molecule has 1 fully saturated rings. The number of amides is 1. The van der Waals surface area contributed by atoms with Crippen LogP contribution in [0.4, 0.5) is 4.79 Å². The van der Waals surface area contributed by atoms with Gasteiger partial charge in [-0.1, -0.05) is 17.7 Å². The number of nitrogens with two attached hydrogens (primary N) is 1. The minimum Gasteiger partial charge on any atom is -0.489 e. The first-order valence-corrected chi connectivity index (χ1v) is 9.19. The fourth-order valence-electron chi connectivity index (χ4n) is 2.79. The van der Waals surface area contributed by atoms with E-state index < -0.39 is 0 Å². The second-order valence-corrected chi connectivity index (χ2v) is 6.57. The van der Waals surface area contributed by atoms with Crippen molar-refractivity contribution < 1.29 is 14.3 Å². The van der Waals surface area contributed by atoms with Gasteiger partial charge in [-0.05, 0) is 45.7 Å². The highest BCUT2D eigenvalue weighted by atomic mass is 127. The van der Waals surface area contributed by atoms with Gasteiger partial charge in [0.15, 0.2) is 5.96 Å². The average molecular weight is 490 g/mol. The first-order valence-electron chi connectivity index (χ1n) is 9.19. The molecule has 0 saturated carbocycles. The Kier molecular flexibility index (Phi) is 10.3. The number of ether oxygens (including phenoxy) is 2. The first kappa shape index (κ1) is 23.3. The van der Waals surface area contributed by atoms with Gasteiger partial charge < -0.3 is 25.4 Å². The van der Waals surface area contributed by atoms with E-state index in [-0.39, 0.29) is 42.2 Å². The quantitative estimate of drug-likeness (QED) is 0.364. The van der Waals surface area contributed by atoms with Crippen LogP contribution in [0.25, 0.3) is 0 Å². The number of likely N-dealkylation sites (tertiary alicyclic amines) is 1. The van der Waals surface area contributed by atoms with Crippen molar-refractivity contribution in [3.8, 4) is 5.75 Å². The second kappa shape index (κ2) is 11.9. The maximum atomic E-state index is 11.7. The van der Waals surface area contributed by atoms with E-state index in [2.05, 4.69) is 10.3 Å². The van der Waals surface area contributed by atoms with Crippen molar-refractivity contribution >= 4 is 36.0 Å². The minimum atomic E-state index is -0.241. The fourth-order valence-corrected chi connectivity index (χ4v) is 2.79. The Morgan fingerprint density at radius 2 is 1.96 bits per heavy atom. The van der Waals surface area contributed by atoms with E-state index in [9.17, 15) is 4.79 Å². The Morgan fingerprint density at radius 3 is 2.56 bits per heavy atom. The molecule has 1 amide bonds. The molecular weight excluding hydrogens is 459 g/mol. The van der Waals surface area contributed by atoms with E-state index in [1.165, 1.54) is 5.56 Å². The van der Waals surface area contributed by atoms with Crippen LogP contribution >= 0.6 is 24.0 Å². The van der Waals surface area contributed by atoms with Gasteiger partial charge in [-0.15, -0.1) is 24.0 Å². The van der Waals surface area contributed by atoms with Crippen LogP contribution < -0.4 is 15.8 Å². The lowest BCUT2D eigenvalue weighted by atomic mass is 10.1. The van der Waals surface area contributed by atoms with Crippen LogP contribution in [0.3, 0.4) is 0 Å². The van der Waals surface area contributed by atoms with Gasteiger partial charge in [-0.2, -0.15) is 0 Å². The van der Waals surface area contributed by atoms with Gasteiger partial charge >= 0.3 is 6.09 Å². The summed E-state index contributed by atoms with van der Waals surface area (Å²) in [6.45, 7) is 8.03. The molecule has 0 bridgehead atoms. The third kappa shape index (κ3) is 8.23. The Bertz CT molecular complexity index is 601. The Hall–Kier alpha value is -1.71. The highest BCUT2D eigenvalue weighted by molar-refractivity contribution is 14.0. The van der Waals surface area contributed by atoms with Crippen molar-refractivity contribution in [2.24, 2.45) is 10.7 Å². The molecule has 8 heteroatoms. The van der Waals surface area contributed by atoms with E-state index in [1.807, 2.05) is 45.0 Å². The molecule has 1 heterocycles. The topological polar surface area (TPSA) is 89.2 Å². The molecule has 1 aromatic rings. The average Bonchev–Trinajstić information content (AvgIpc) is 2.63. The molecular formula is C19H31IN4O3. The number of nitrogens with zero attached hydrogens (tertiary/aromatic N) is 2. The van der Waals surface area contributed by atoms with Crippen LogP contribution in [0.2, 0.25) is 0 Å². The van der Waals surface area contributed by atoms with E-state index in [0.29, 0.717) is 32.2 Å². The van der Waals surface area contributed by atoms with Crippen LogP contribution in [0, 0.1) is 6.92 Å². The second-order valence-electron chi connectivity index (χ2n) is 6.57. The van der Waals surface area contributed by atoms with Crippen molar-refractivity contribution in [2.45, 2.75) is 45.8 Å². The summed E-state index contributed by atoms with van der Waals surface area (Å²) in [6.07, 6.45) is 1.34. The number of nitrogens with one attached hydrogen (secondary N) is 1. The maximum absolute atomic E-state index is 11.7. The van der Waals surface area contributed by atoms with Crippen LogP contribution in [0.5, 0.6) is 5.75 Å². The number of carbonyl (C=O) groups is 1. The van der Waals surface area contributed by atoms with Gasteiger partial charge in [0.05, 0.1) is 13.2 Å². The third-order valence-corrected chi connectivity index (χ3v) is 4.25. The molecule has 3 N–H and O–H groups in total. The van der Waals surface area contributed by atoms with Crippen molar-refractivity contribution in [1.82, 2.24) is 10.2 Å². The van der Waals surface area contributed by atoms with E-state index in [1.54, 1.807) is 4.90 Å². The van der Waals surface area contributed by atoms with Gasteiger partial charge in [-0.25, -0.2) is 9.79 Å². The van der Waals surface area contributed by atoms with Gasteiger partial charge in [-0.3, -0.25) is 0 Å². The molecule has 1 saturated heterocycles. The molecule has 0 radical (unpaired) electrons. The van der Waals surface area contributed by atoms with E-state index >= 15 is 0 Å². The van der Waals surface area contributed by atoms with E-state index in [4.69, 9.17) is 15.2 Å². The lowest BCUT2D eigenvalue weighted by molar-refractivity contribution is 0.0963. The lowest BCUT2D eigenvalue weighted by Gasteiger charge is -2.31. The standard InChI is InChI=1S/C19H30N4O3.HI/c1-4-25-19(24)23-11-9-16(10-12-23)22-18(20)21-13-15(3)26-17-7-5-14(2)6-8-17;/h5-8,15-16H,4,9-13H2,1-3H3,(H3,20,21,22);1H. The monoisotopic (exact) mass is 490 g/mol. The number of piperidine rings is 1. The van der Waals surface area contributed by atoms with Crippen LogP contribution in [0.1, 0.15) is 32.3 Å². The number of halogens is 1. The Morgan fingerprint density at radius 1 is 1.33 bits per heavy atom. The lowest BCUT2D eigenvalue weighted by Crippen LogP contribution is -2.48. The number of aliphatic imine (C=N–C) groups is 1. The molecule has 1 aliphatic heterocycles. The predicted octanol–water partition coefficient (Wildman–Crippen LogP) is 2.91. The summed E-state index contributed by atoms with van der Waals surface area (Å²) < 4.78 is 10.8. The first-order chi connectivity index (χ1) is 12.5. The summed E-state index contributed by atoms with van der Waals surface area (Å²) in [5.74, 6) is 1.25. The van der Waals surface area contributed by atoms with Crippen molar-refractivity contribution in [3.05, 3.63) is 29.8 Å². The number of guanidine groups is 1. The summed E-state index contributed by atoms with van der Waals surface area (Å²) in [4.78, 5) is 17.8. The third-order valence-electron chi connectivity index (χ3n) is 4.25. The molecule has 0 aliphatic carbocycles. The zero-order valence-electron chi connectivity index (χ0n) is 16.3. The largest absolute Gasteiger partial charge is 0.489 e. The van der Waals surface area contributed by atoms with Crippen LogP contribution in [-0.4, -0.2) is 55.3 Å². The van der Waals surface area contributed by atoms with Gasteiger partial charge in [0.2, 0.25) is 0 Å². The number of hydrogen-bond acceptors (Lipinski definition) is 4. The smallest absolute Gasteiger partial charge is 0.409 e. The number of rotatable bonds is 6. The molecule has 1 aromatic carbocycles. The molecule has 1 aliphatic rings. The molecule has 1 unspecified atom stereocenters. The Labute approximate surface area is 178 Å². The summed E-state index contributed by atoms with van der Waals surface area (Å²) >= 11 is 0. The minimum absolute atomic E-state index is 0. The van der Waals surface area contributed by atoms with Crippen molar-refractivity contribution in [3.63, 3.8) is 0 Å². The van der Waals surface area contributed by atoms with Gasteiger partial charge in [0.1, 0.15) is 11.9 Å². The fraction of sp³-hybridized carbons (Fsp3) is 0.579. The summed E-state index contributed by atoms with van der Waals surface area (Å²) in [7, 11) is 0. The zero-order valence-corrected chi connectivity index (χ0v) is 18.6. The highest BCUT2D eigenvalue weighted by Gasteiger charge is 2.23. The predicted molar refractivity (Wildman–Crippen MR) is 118 cm³/mol. The SMILES string of the molecule is CCOC(=O)N1CCC(NC(N)=NCC(C)Oc2ccc(C)cc2)CC1.I. The zero-order chi connectivity index (χ0) is 18.9. The summed E-state index contributed by atoms with van der Waals surface area (Å²) in [6, 6.07) is 8.16. The van der Waals surface area contributed by atoms with E-state index in [0.717, 1.165) is 18.6 Å². The van der Waals surface area contributed by atoms with Gasteiger partial charge in [0.25, 0.3) is 0 Å². The number of carbonyl (C=O) groups excluding carboxylic acids is 1. The number of benzene rings is 1. The molecule has 152 valence electrons. The molecule has 2 rings (SSSR count). The molecule has 0 aromatic heterocycles.